The summed E-state index contributed by atoms with van der Waals surface area (Å²) >= 11 is 4.60. The van der Waals surface area contributed by atoms with Crippen LogP contribution >= 0.6 is 34.4 Å². The number of thioether (sulfide) groups is 1. The van der Waals surface area contributed by atoms with Crippen molar-refractivity contribution in [2.24, 2.45) is 0 Å². The predicted molar refractivity (Wildman–Crippen MR) is 70.6 cm³/mol. The first-order valence-corrected chi connectivity index (χ1v) is 7.46. The molecule has 0 aromatic carbocycles. The number of thiazole rings is 1. The van der Waals surface area contributed by atoms with E-state index in [1.54, 1.807) is 23.1 Å². The lowest BCUT2D eigenvalue weighted by Crippen LogP contribution is -2.05. The Bertz CT molecular complexity index is 522. The monoisotopic (exact) mass is 286 g/mol. The van der Waals surface area contributed by atoms with Crippen LogP contribution in [-0.4, -0.2) is 21.1 Å². The van der Waals surface area contributed by atoms with Crippen LogP contribution in [0.3, 0.4) is 0 Å². The molecule has 0 aliphatic rings. The summed E-state index contributed by atoms with van der Waals surface area (Å²) < 4.78 is 0.941. The Balaban J connectivity index is 1.91. The molecule has 5 nitrogen and oxygen atoms in total. The molecular weight excluding hydrogens is 276 g/mol. The van der Waals surface area contributed by atoms with Crippen LogP contribution in [0.2, 0.25) is 0 Å². The van der Waals surface area contributed by atoms with Gasteiger partial charge in [0, 0.05) is 18.1 Å². The largest absolute Gasteiger partial charge is 0.302 e. The molecule has 0 aliphatic heterocycles. The van der Waals surface area contributed by atoms with E-state index in [2.05, 4.69) is 20.5 Å². The molecule has 0 spiro atoms. The Morgan fingerprint density at radius 2 is 2.35 bits per heavy atom. The molecule has 2 aromatic rings. The summed E-state index contributed by atoms with van der Waals surface area (Å²) in [5, 5.41) is 14.2. The lowest BCUT2D eigenvalue weighted by atomic mass is 10.6. The van der Waals surface area contributed by atoms with E-state index in [9.17, 15) is 4.79 Å². The Kier molecular flexibility index (Phi) is 4.08. The van der Waals surface area contributed by atoms with Gasteiger partial charge in [-0.3, -0.25) is 4.79 Å². The van der Waals surface area contributed by atoms with E-state index in [0.29, 0.717) is 5.13 Å². The molecule has 1 N–H and O–H groups in total. The van der Waals surface area contributed by atoms with Crippen molar-refractivity contribution in [2.75, 3.05) is 5.32 Å². The van der Waals surface area contributed by atoms with E-state index in [-0.39, 0.29) is 5.91 Å². The van der Waals surface area contributed by atoms with Gasteiger partial charge in [0.05, 0.1) is 5.69 Å². The van der Waals surface area contributed by atoms with Crippen LogP contribution in [0.15, 0.2) is 9.72 Å². The summed E-state index contributed by atoms with van der Waals surface area (Å²) in [4.78, 5) is 15.1. The zero-order valence-corrected chi connectivity index (χ0v) is 11.7. The summed E-state index contributed by atoms with van der Waals surface area (Å²) in [6.45, 7) is 3.40. The Morgan fingerprint density at radius 3 is 3.00 bits per heavy atom. The van der Waals surface area contributed by atoms with Gasteiger partial charge in [-0.25, -0.2) is 4.98 Å². The van der Waals surface area contributed by atoms with Crippen molar-refractivity contribution in [3.63, 3.8) is 0 Å². The minimum Gasteiger partial charge on any atom is -0.302 e. The number of carbonyl (C=O) groups is 1. The molecule has 0 radical (unpaired) electrons. The summed E-state index contributed by atoms with van der Waals surface area (Å²) in [6.07, 6.45) is 0. The fourth-order valence-electron chi connectivity index (χ4n) is 1.05. The first kappa shape index (κ1) is 12.5. The maximum absolute atomic E-state index is 10.8. The fraction of sp³-hybridized carbons (Fsp3) is 0.333. The summed E-state index contributed by atoms with van der Waals surface area (Å²) in [6, 6.07) is 0. The van der Waals surface area contributed by atoms with E-state index in [4.69, 9.17) is 0 Å². The number of nitrogens with one attached hydrogen (secondary N) is 1. The van der Waals surface area contributed by atoms with Crippen LogP contribution < -0.4 is 5.32 Å². The molecule has 2 heterocycles. The van der Waals surface area contributed by atoms with Crippen molar-refractivity contribution < 1.29 is 4.79 Å². The lowest BCUT2D eigenvalue weighted by Gasteiger charge is -1.94. The van der Waals surface area contributed by atoms with Gasteiger partial charge in [0.25, 0.3) is 0 Å². The van der Waals surface area contributed by atoms with Crippen molar-refractivity contribution >= 4 is 45.5 Å². The molecule has 2 aromatic heterocycles. The number of hydrogen-bond acceptors (Lipinski definition) is 7. The van der Waals surface area contributed by atoms with Crippen LogP contribution in [0.1, 0.15) is 17.6 Å². The van der Waals surface area contributed by atoms with Gasteiger partial charge < -0.3 is 5.32 Å². The second kappa shape index (κ2) is 5.56. The van der Waals surface area contributed by atoms with Gasteiger partial charge in [-0.05, 0) is 6.92 Å². The van der Waals surface area contributed by atoms with Gasteiger partial charge in [-0.15, -0.1) is 21.5 Å². The van der Waals surface area contributed by atoms with Gasteiger partial charge in [0.15, 0.2) is 9.47 Å². The van der Waals surface area contributed by atoms with Crippen molar-refractivity contribution in [1.82, 2.24) is 15.2 Å². The third-order valence-corrected chi connectivity index (χ3v) is 4.50. The maximum Gasteiger partial charge on any atom is 0.223 e. The topological polar surface area (TPSA) is 67.8 Å². The second-order valence-corrected chi connectivity index (χ2v) is 6.46. The molecule has 2 rings (SSSR count). The number of aromatic nitrogens is 3. The molecule has 0 aliphatic carbocycles. The quantitative estimate of drug-likeness (QED) is 0.875. The lowest BCUT2D eigenvalue weighted by molar-refractivity contribution is -0.114. The van der Waals surface area contributed by atoms with Crippen molar-refractivity contribution in [1.29, 1.82) is 0 Å². The zero-order valence-electron chi connectivity index (χ0n) is 9.26. The predicted octanol–water partition coefficient (Wildman–Crippen LogP) is 2.55. The number of anilines is 1. The minimum atomic E-state index is -0.0988. The van der Waals surface area contributed by atoms with E-state index >= 15 is 0 Å². The van der Waals surface area contributed by atoms with E-state index < -0.39 is 0 Å². The smallest absolute Gasteiger partial charge is 0.223 e. The van der Waals surface area contributed by atoms with Crippen LogP contribution in [0.4, 0.5) is 5.13 Å². The average molecular weight is 286 g/mol. The Morgan fingerprint density at radius 1 is 1.53 bits per heavy atom. The molecule has 0 fully saturated rings. The van der Waals surface area contributed by atoms with E-state index in [0.717, 1.165) is 20.8 Å². The highest BCUT2D eigenvalue weighted by Crippen LogP contribution is 2.27. The summed E-state index contributed by atoms with van der Waals surface area (Å²) in [5.74, 6) is 0.642. The van der Waals surface area contributed by atoms with E-state index in [1.807, 2.05) is 12.3 Å². The normalized spacial score (nSPS) is 10.5. The first-order chi connectivity index (χ1) is 8.13. The van der Waals surface area contributed by atoms with Crippen LogP contribution in [0.5, 0.6) is 0 Å². The molecule has 17 heavy (non-hydrogen) atoms. The van der Waals surface area contributed by atoms with Gasteiger partial charge in [-0.2, -0.15) is 0 Å². The standard InChI is InChI=1S/C9H10N4OS3/c1-5(14)10-8-11-7(3-15-8)4-16-9-13-12-6(2)17-9/h3H,4H2,1-2H3,(H,10,11,14). The van der Waals surface area contributed by atoms with Gasteiger partial charge >= 0.3 is 0 Å². The number of hydrogen-bond donors (Lipinski definition) is 1. The van der Waals surface area contributed by atoms with Crippen molar-refractivity contribution in [3.05, 3.63) is 16.1 Å². The Labute approximate surface area is 111 Å². The van der Waals surface area contributed by atoms with Gasteiger partial charge in [0.1, 0.15) is 5.01 Å². The highest BCUT2D eigenvalue weighted by Gasteiger charge is 2.06. The van der Waals surface area contributed by atoms with Crippen LogP contribution in [-0.2, 0) is 10.5 Å². The highest BCUT2D eigenvalue weighted by atomic mass is 32.2. The molecule has 8 heteroatoms. The number of aryl methyl sites for hydroxylation is 1. The van der Waals surface area contributed by atoms with Crippen LogP contribution in [0, 0.1) is 6.92 Å². The SMILES string of the molecule is CC(=O)Nc1nc(CSc2nnc(C)s2)cs1. The minimum absolute atomic E-state index is 0.0988. The number of carbonyl (C=O) groups excluding carboxylic acids is 1. The third kappa shape index (κ3) is 3.76. The van der Waals surface area contributed by atoms with Crippen molar-refractivity contribution in [2.45, 2.75) is 23.9 Å². The fourth-order valence-corrected chi connectivity index (χ4v) is 3.62. The molecule has 1 amide bonds. The number of amides is 1. The molecule has 0 atom stereocenters. The highest BCUT2D eigenvalue weighted by molar-refractivity contribution is 8.00. The third-order valence-electron chi connectivity index (χ3n) is 1.69. The second-order valence-electron chi connectivity index (χ2n) is 3.20. The average Bonchev–Trinajstić information content (AvgIpc) is 2.84. The molecule has 90 valence electrons. The molecule has 0 unspecified atom stereocenters. The van der Waals surface area contributed by atoms with E-state index in [1.165, 1.54) is 18.3 Å². The molecule has 0 bridgehead atoms. The maximum atomic E-state index is 10.8. The molecule has 0 saturated carbocycles. The number of rotatable bonds is 4. The van der Waals surface area contributed by atoms with Gasteiger partial charge in [0.2, 0.25) is 5.91 Å². The summed E-state index contributed by atoms with van der Waals surface area (Å²) in [7, 11) is 0. The Hall–Kier alpha value is -0.990. The van der Waals surface area contributed by atoms with Crippen molar-refractivity contribution in [3.8, 4) is 0 Å². The zero-order chi connectivity index (χ0) is 12.3. The number of nitrogens with zero attached hydrogens (tertiary/aromatic N) is 3. The van der Waals surface area contributed by atoms with Gasteiger partial charge in [-0.1, -0.05) is 23.1 Å². The first-order valence-electron chi connectivity index (χ1n) is 4.78. The summed E-state index contributed by atoms with van der Waals surface area (Å²) in [5.41, 5.74) is 0.941. The molecular formula is C9H10N4OS3. The molecule has 0 saturated heterocycles. The van der Waals surface area contributed by atoms with Crippen LogP contribution in [0.25, 0.3) is 0 Å².